The molecule has 0 saturated carbocycles. The van der Waals surface area contributed by atoms with Crippen LogP contribution in [0.2, 0.25) is 0 Å². The van der Waals surface area contributed by atoms with E-state index in [1.165, 1.54) is 0 Å². The van der Waals surface area contributed by atoms with Crippen molar-refractivity contribution in [3.8, 4) is 11.8 Å². The van der Waals surface area contributed by atoms with Crippen molar-refractivity contribution in [2.45, 2.75) is 31.5 Å². The fourth-order valence-corrected chi connectivity index (χ4v) is 3.98. The Morgan fingerprint density at radius 2 is 1.81 bits per heavy atom. The van der Waals surface area contributed by atoms with Crippen molar-refractivity contribution in [1.29, 1.82) is 5.26 Å². The number of benzene rings is 2. The van der Waals surface area contributed by atoms with Crippen LogP contribution in [0.1, 0.15) is 39.9 Å². The maximum absolute atomic E-state index is 13.0. The van der Waals surface area contributed by atoms with Gasteiger partial charge in [0, 0.05) is 37.5 Å². The maximum Gasteiger partial charge on any atom is 0.253 e. The summed E-state index contributed by atoms with van der Waals surface area (Å²) in [5.74, 6) is 0.578. The molecule has 1 aliphatic heterocycles. The quantitative estimate of drug-likeness (QED) is 0.648. The zero-order chi connectivity index (χ0) is 22.4. The van der Waals surface area contributed by atoms with E-state index in [9.17, 15) is 9.90 Å². The van der Waals surface area contributed by atoms with Crippen molar-refractivity contribution >= 4 is 5.91 Å². The van der Waals surface area contributed by atoms with Crippen LogP contribution in [0.4, 0.5) is 0 Å². The molecule has 0 aliphatic carbocycles. The topological polar surface area (TPSA) is 86.5 Å². The third-order valence-electron chi connectivity index (χ3n) is 5.81. The van der Waals surface area contributed by atoms with Gasteiger partial charge in [-0.25, -0.2) is 0 Å². The molecule has 6 nitrogen and oxygen atoms in total. The molecule has 0 unspecified atom stereocenters. The van der Waals surface area contributed by atoms with Gasteiger partial charge in [-0.1, -0.05) is 18.2 Å². The Bertz CT molecular complexity index is 1120. The molecule has 1 saturated heterocycles. The highest BCUT2D eigenvalue weighted by Gasteiger charge is 2.34. The molecule has 0 bridgehead atoms. The molecular weight excluding hydrogens is 402 g/mol. The van der Waals surface area contributed by atoms with Crippen LogP contribution in [-0.2, 0) is 13.0 Å². The van der Waals surface area contributed by atoms with Crippen LogP contribution in [0.15, 0.2) is 73.1 Å². The molecule has 0 spiro atoms. The van der Waals surface area contributed by atoms with Gasteiger partial charge in [-0.15, -0.1) is 0 Å². The number of carbonyl (C=O) groups is 1. The lowest BCUT2D eigenvalue weighted by Crippen LogP contribution is -2.47. The lowest BCUT2D eigenvalue weighted by molar-refractivity contribution is -0.0162. The maximum atomic E-state index is 13.0. The number of carbonyl (C=O) groups excluding carboxylic acids is 1. The molecule has 6 heteroatoms. The predicted octanol–water partition coefficient (Wildman–Crippen LogP) is 3.74. The van der Waals surface area contributed by atoms with E-state index >= 15 is 0 Å². The van der Waals surface area contributed by atoms with E-state index in [2.05, 4.69) is 11.1 Å². The van der Waals surface area contributed by atoms with Crippen LogP contribution in [0.5, 0.6) is 5.75 Å². The van der Waals surface area contributed by atoms with Gasteiger partial charge in [0.05, 0.1) is 17.2 Å². The van der Waals surface area contributed by atoms with E-state index in [1.807, 2.05) is 30.3 Å². The summed E-state index contributed by atoms with van der Waals surface area (Å²) in [6.07, 6.45) is 5.11. The van der Waals surface area contributed by atoms with Crippen LogP contribution in [-0.4, -0.2) is 39.6 Å². The molecule has 0 atom stereocenters. The second kappa shape index (κ2) is 9.63. The van der Waals surface area contributed by atoms with Crippen LogP contribution < -0.4 is 4.74 Å². The fraction of sp³-hybridized carbons (Fsp3) is 0.269. The van der Waals surface area contributed by atoms with E-state index in [0.29, 0.717) is 55.8 Å². The third-order valence-corrected chi connectivity index (χ3v) is 5.81. The van der Waals surface area contributed by atoms with Gasteiger partial charge < -0.3 is 14.7 Å². The zero-order valence-corrected chi connectivity index (χ0v) is 17.8. The minimum Gasteiger partial charge on any atom is -0.489 e. The summed E-state index contributed by atoms with van der Waals surface area (Å²) in [5.41, 5.74) is 2.28. The average Bonchev–Trinajstić information content (AvgIpc) is 2.83. The number of aromatic nitrogens is 1. The summed E-state index contributed by atoms with van der Waals surface area (Å²) in [6, 6.07) is 20.3. The molecule has 162 valence electrons. The number of nitrogens with zero attached hydrogens (tertiary/aromatic N) is 3. The summed E-state index contributed by atoms with van der Waals surface area (Å²) >= 11 is 0. The Labute approximate surface area is 187 Å². The van der Waals surface area contributed by atoms with Crippen molar-refractivity contribution in [1.82, 2.24) is 9.88 Å². The van der Waals surface area contributed by atoms with Crippen molar-refractivity contribution in [3.05, 3.63) is 95.3 Å². The molecule has 1 fully saturated rings. The number of piperidine rings is 1. The summed E-state index contributed by atoms with van der Waals surface area (Å²) in [5, 5.41) is 20.0. The van der Waals surface area contributed by atoms with E-state index in [1.54, 1.807) is 47.6 Å². The number of ether oxygens (including phenoxy) is 1. The molecule has 1 N–H and O–H groups in total. The molecule has 4 rings (SSSR count). The van der Waals surface area contributed by atoms with E-state index < -0.39 is 5.60 Å². The minimum absolute atomic E-state index is 0.0377. The van der Waals surface area contributed by atoms with Gasteiger partial charge in [0.25, 0.3) is 5.91 Å². The number of hydrogen-bond acceptors (Lipinski definition) is 5. The Hall–Kier alpha value is -3.69. The second-order valence-electron chi connectivity index (χ2n) is 8.18. The van der Waals surface area contributed by atoms with Crippen molar-refractivity contribution < 1.29 is 14.6 Å². The van der Waals surface area contributed by atoms with Crippen molar-refractivity contribution in [2.75, 3.05) is 13.1 Å². The SMILES string of the molecule is N#Cc1cccc(OCc2cccc(C(=O)N3CCC(O)(Cc4ccncc4)CC3)c2)c1. The van der Waals surface area contributed by atoms with Crippen molar-refractivity contribution in [2.24, 2.45) is 0 Å². The molecule has 1 amide bonds. The second-order valence-corrected chi connectivity index (χ2v) is 8.18. The Morgan fingerprint density at radius 1 is 1.06 bits per heavy atom. The van der Waals surface area contributed by atoms with Gasteiger partial charge in [0.15, 0.2) is 0 Å². The smallest absolute Gasteiger partial charge is 0.253 e. The van der Waals surface area contributed by atoms with E-state index in [-0.39, 0.29) is 5.91 Å². The van der Waals surface area contributed by atoms with Gasteiger partial charge in [-0.05, 0) is 66.4 Å². The Morgan fingerprint density at radius 3 is 2.56 bits per heavy atom. The Balaban J connectivity index is 1.35. The predicted molar refractivity (Wildman–Crippen MR) is 120 cm³/mol. The first-order valence-corrected chi connectivity index (χ1v) is 10.7. The summed E-state index contributed by atoms with van der Waals surface area (Å²) in [4.78, 5) is 18.9. The zero-order valence-electron chi connectivity index (χ0n) is 17.8. The van der Waals surface area contributed by atoms with Gasteiger partial charge >= 0.3 is 0 Å². The number of hydrogen-bond donors (Lipinski definition) is 1. The summed E-state index contributed by atoms with van der Waals surface area (Å²) in [7, 11) is 0. The number of rotatable bonds is 6. The number of pyridine rings is 1. The van der Waals surface area contributed by atoms with Crippen LogP contribution in [0.25, 0.3) is 0 Å². The standard InChI is InChI=1S/C26H25N3O3/c27-18-21-3-2-6-24(16-21)32-19-22-4-1-5-23(15-22)25(30)29-13-9-26(31,10-14-29)17-20-7-11-28-12-8-20/h1-8,11-12,15-16,31H,9-10,13-14,17,19H2. The normalized spacial score (nSPS) is 15.1. The third kappa shape index (κ3) is 5.32. The number of amides is 1. The Kier molecular flexibility index (Phi) is 6.48. The molecule has 2 aromatic carbocycles. The van der Waals surface area contributed by atoms with Gasteiger partial charge in [-0.2, -0.15) is 5.26 Å². The first kappa shape index (κ1) is 21.5. The number of aliphatic hydroxyl groups is 1. The average molecular weight is 428 g/mol. The van der Waals surface area contributed by atoms with Crippen LogP contribution in [0, 0.1) is 11.3 Å². The van der Waals surface area contributed by atoms with Gasteiger partial charge in [0.1, 0.15) is 12.4 Å². The molecule has 0 radical (unpaired) electrons. The first-order chi connectivity index (χ1) is 15.5. The highest BCUT2D eigenvalue weighted by Crippen LogP contribution is 2.27. The van der Waals surface area contributed by atoms with Gasteiger partial charge in [0.2, 0.25) is 0 Å². The fourth-order valence-electron chi connectivity index (χ4n) is 3.98. The molecular formula is C26H25N3O3. The van der Waals surface area contributed by atoms with E-state index in [4.69, 9.17) is 10.00 Å². The lowest BCUT2D eigenvalue weighted by Gasteiger charge is -2.38. The van der Waals surface area contributed by atoms with Gasteiger partial charge in [-0.3, -0.25) is 9.78 Å². The monoisotopic (exact) mass is 427 g/mol. The number of likely N-dealkylation sites (tertiary alicyclic amines) is 1. The van der Waals surface area contributed by atoms with Crippen LogP contribution >= 0.6 is 0 Å². The molecule has 3 aromatic rings. The highest BCUT2D eigenvalue weighted by atomic mass is 16.5. The molecule has 1 aliphatic rings. The lowest BCUT2D eigenvalue weighted by atomic mass is 9.85. The van der Waals surface area contributed by atoms with Crippen molar-refractivity contribution in [3.63, 3.8) is 0 Å². The van der Waals surface area contributed by atoms with E-state index in [0.717, 1.165) is 11.1 Å². The minimum atomic E-state index is -0.800. The summed E-state index contributed by atoms with van der Waals surface area (Å²) in [6.45, 7) is 1.34. The summed E-state index contributed by atoms with van der Waals surface area (Å²) < 4.78 is 5.79. The number of nitriles is 1. The molecule has 32 heavy (non-hydrogen) atoms. The molecule has 1 aromatic heterocycles. The largest absolute Gasteiger partial charge is 0.489 e. The van der Waals surface area contributed by atoms with Crippen LogP contribution in [0.3, 0.4) is 0 Å². The molecule has 2 heterocycles. The highest BCUT2D eigenvalue weighted by molar-refractivity contribution is 5.94. The first-order valence-electron chi connectivity index (χ1n) is 10.7.